The van der Waals surface area contributed by atoms with Crippen LogP contribution in [0.25, 0.3) is 49.2 Å². The molecule has 0 atom stereocenters. The summed E-state index contributed by atoms with van der Waals surface area (Å²) in [5.74, 6) is 2.48. The number of para-hydroxylation sites is 1. The smallest absolute Gasteiger partial charge is 0.373 e. The average Bonchev–Trinajstić information content (AvgIpc) is 4.37. The summed E-state index contributed by atoms with van der Waals surface area (Å²) in [6, 6.07) is 32.0. The standard InChI is InChI=1S/C29H25Cl2N3O3.C28H26Cl2N2O3.CO2/c1-32-23-6-3-7-24-19(23)10-11-25(33-24)29(35)14-12-18(13-15-29)36-16-20-27(34-37-28(20)17-8-9-17)26-21(30)4-2-5-22(26)31;29-21-5-3-6-22(30)25(21)26-20(27(35-32-26)18-8-9-18)16-34-19-12-14-28(33,15-13-19)24-11-10-17-4-1-2-7-23(17)31-24;2-1-3/h2-7,10-11,17-18,35H,8-9,12-16H2;1-7,10-11,18-19,33H,8-9,12-16H2;. The van der Waals surface area contributed by atoms with E-state index in [0.717, 1.165) is 88.7 Å². The van der Waals surface area contributed by atoms with Crippen molar-refractivity contribution in [1.82, 2.24) is 20.3 Å². The van der Waals surface area contributed by atoms with Crippen LogP contribution < -0.4 is 0 Å². The molecule has 4 heterocycles. The monoisotopic (exact) mass is 1090 g/mol. The molecule has 0 aliphatic heterocycles. The van der Waals surface area contributed by atoms with Crippen molar-refractivity contribution in [2.75, 3.05) is 0 Å². The number of ether oxygens (including phenoxy) is 2. The van der Waals surface area contributed by atoms with Crippen molar-refractivity contribution in [1.29, 1.82) is 0 Å². The van der Waals surface area contributed by atoms with Gasteiger partial charge in [-0.1, -0.05) is 111 Å². The topological polar surface area (TPSA) is 175 Å². The van der Waals surface area contributed by atoms with Crippen LogP contribution >= 0.6 is 46.4 Å². The summed E-state index contributed by atoms with van der Waals surface area (Å²) in [6.07, 6.45) is 9.79. The first-order chi connectivity index (χ1) is 36.4. The number of hydrogen-bond donors (Lipinski definition) is 2. The molecule has 0 bridgehead atoms. The van der Waals surface area contributed by atoms with E-state index in [2.05, 4.69) is 15.2 Å². The quantitative estimate of drug-likeness (QED) is 0.111. The van der Waals surface area contributed by atoms with E-state index in [4.69, 9.17) is 91.1 Å². The van der Waals surface area contributed by atoms with Crippen molar-refractivity contribution < 1.29 is 38.3 Å². The summed E-state index contributed by atoms with van der Waals surface area (Å²) >= 11 is 25.9. The summed E-state index contributed by atoms with van der Waals surface area (Å²) in [5.41, 5.74) is 6.12. The lowest BCUT2D eigenvalue weighted by Gasteiger charge is -2.35. The molecule has 0 radical (unpaired) electrons. The minimum Gasteiger partial charge on any atom is -0.384 e. The summed E-state index contributed by atoms with van der Waals surface area (Å²) in [6.45, 7) is 8.09. The van der Waals surface area contributed by atoms with Gasteiger partial charge in [-0.25, -0.2) is 9.83 Å². The highest BCUT2D eigenvalue weighted by molar-refractivity contribution is 6.39. The zero-order chi connectivity index (χ0) is 52.3. The van der Waals surface area contributed by atoms with Gasteiger partial charge in [-0.3, -0.25) is 4.98 Å². The van der Waals surface area contributed by atoms with Gasteiger partial charge in [0, 0.05) is 44.9 Å². The maximum absolute atomic E-state index is 11.4. The number of carbonyl (C=O) groups excluding carboxylic acids is 2. The van der Waals surface area contributed by atoms with Crippen molar-refractivity contribution >= 4 is 80.0 Å². The molecule has 2 N–H and O–H groups in total. The fraction of sp³-hybridized carbons (Fsp3) is 0.345. The van der Waals surface area contributed by atoms with Crippen LogP contribution in [0.1, 0.15) is 123 Å². The van der Waals surface area contributed by atoms with E-state index in [-0.39, 0.29) is 18.4 Å². The molecule has 17 heteroatoms. The Bertz CT molecular complexity index is 3400. The Morgan fingerprint density at radius 2 is 1.00 bits per heavy atom. The summed E-state index contributed by atoms with van der Waals surface area (Å²) in [7, 11) is 0. The summed E-state index contributed by atoms with van der Waals surface area (Å²) in [5, 5.41) is 35.5. The van der Waals surface area contributed by atoms with Gasteiger partial charge < -0.3 is 28.7 Å². The van der Waals surface area contributed by atoms with Crippen LogP contribution in [-0.4, -0.2) is 48.9 Å². The van der Waals surface area contributed by atoms with Gasteiger partial charge in [0.1, 0.15) is 34.1 Å². The number of nitrogens with zero attached hydrogens (tertiary/aromatic N) is 5. The molecule has 8 aromatic rings. The van der Waals surface area contributed by atoms with E-state index in [1.54, 1.807) is 18.2 Å². The molecule has 4 aromatic heterocycles. The Hall–Kier alpha value is -6.01. The van der Waals surface area contributed by atoms with Crippen molar-refractivity contribution in [3.8, 4) is 22.5 Å². The molecule has 4 aliphatic carbocycles. The number of hydrogen-bond acceptors (Lipinski definition) is 12. The molecular weight excluding hydrogens is 1040 g/mol. The van der Waals surface area contributed by atoms with Crippen LogP contribution in [0.2, 0.25) is 20.1 Å². The second-order valence-corrected chi connectivity index (χ2v) is 21.3. The minimum absolute atomic E-state index is 0.00836. The van der Waals surface area contributed by atoms with Crippen LogP contribution in [0.3, 0.4) is 0 Å². The van der Waals surface area contributed by atoms with Crippen LogP contribution in [-0.2, 0) is 43.5 Å². The fourth-order valence-electron chi connectivity index (χ4n) is 10.3. The Balaban J connectivity index is 0.000000163. The number of fused-ring (bicyclic) bond motifs is 2. The van der Waals surface area contributed by atoms with E-state index < -0.39 is 11.2 Å². The van der Waals surface area contributed by atoms with Crippen LogP contribution in [0, 0.1) is 6.57 Å². The first-order valence-electron chi connectivity index (χ1n) is 25.1. The predicted molar refractivity (Wildman–Crippen MR) is 285 cm³/mol. The van der Waals surface area contributed by atoms with Gasteiger partial charge in [-0.05, 0) is 126 Å². The molecule has 13 nitrogen and oxygen atoms in total. The molecule has 0 unspecified atom stereocenters. The van der Waals surface area contributed by atoms with Crippen LogP contribution in [0.4, 0.5) is 5.69 Å². The molecule has 0 amide bonds. The molecule has 75 heavy (non-hydrogen) atoms. The molecule has 0 saturated heterocycles. The molecule has 0 spiro atoms. The highest BCUT2D eigenvalue weighted by atomic mass is 35.5. The van der Waals surface area contributed by atoms with Gasteiger partial charge in [0.25, 0.3) is 0 Å². The summed E-state index contributed by atoms with van der Waals surface area (Å²) < 4.78 is 24.2. The third kappa shape index (κ3) is 11.4. The minimum atomic E-state index is -1.02. The maximum Gasteiger partial charge on any atom is 0.373 e. The number of aliphatic hydroxyl groups is 2. The highest BCUT2D eigenvalue weighted by Crippen LogP contribution is 2.49. The van der Waals surface area contributed by atoms with Gasteiger partial charge in [0.15, 0.2) is 5.69 Å². The number of benzene rings is 4. The van der Waals surface area contributed by atoms with Gasteiger partial charge in [-0.15, -0.1) is 0 Å². The van der Waals surface area contributed by atoms with Gasteiger partial charge >= 0.3 is 6.15 Å². The molecule has 4 fully saturated rings. The van der Waals surface area contributed by atoms with Crippen molar-refractivity contribution in [2.24, 2.45) is 0 Å². The Morgan fingerprint density at radius 1 is 0.573 bits per heavy atom. The second kappa shape index (κ2) is 22.7. The number of aromatic nitrogens is 4. The normalized spacial score (nSPS) is 21.3. The van der Waals surface area contributed by atoms with Crippen LogP contribution in [0.15, 0.2) is 112 Å². The molecule has 4 aromatic carbocycles. The molecule has 4 aliphatic rings. The lowest BCUT2D eigenvalue weighted by molar-refractivity contribution is -0.191. The van der Waals surface area contributed by atoms with E-state index in [9.17, 15) is 10.2 Å². The largest absolute Gasteiger partial charge is 0.384 e. The van der Waals surface area contributed by atoms with Crippen molar-refractivity contribution in [3.63, 3.8) is 0 Å². The molecule has 384 valence electrons. The first-order valence-corrected chi connectivity index (χ1v) is 26.6. The SMILES string of the molecule is O=C=O.OC1(c2ccc3ccccc3n2)CCC(OCc2c(-c3c(Cl)cccc3Cl)noc2C2CC2)CC1.[C-]#[N+]c1cccc2nc(C3(O)CCC(OCc4c(-c5c(Cl)cccc5Cl)noc4C4CC4)CC3)ccc12. The maximum atomic E-state index is 11.4. The first kappa shape index (κ1) is 52.4. The van der Waals surface area contributed by atoms with E-state index in [1.807, 2.05) is 84.9 Å². The van der Waals surface area contributed by atoms with E-state index >= 15 is 0 Å². The molecular formula is C58H51Cl4N5O8. The second-order valence-electron chi connectivity index (χ2n) is 19.7. The molecule has 4 saturated carbocycles. The average molecular weight is 1090 g/mol. The van der Waals surface area contributed by atoms with Gasteiger partial charge in [-0.2, -0.15) is 9.59 Å². The van der Waals surface area contributed by atoms with Crippen molar-refractivity contribution in [2.45, 2.75) is 126 Å². The number of halogens is 4. The van der Waals surface area contributed by atoms with Gasteiger partial charge in [0.2, 0.25) is 0 Å². The number of pyridine rings is 2. The Morgan fingerprint density at radius 3 is 1.47 bits per heavy atom. The Kier molecular flexibility index (Phi) is 15.9. The fourth-order valence-corrected chi connectivity index (χ4v) is 11.5. The third-order valence-electron chi connectivity index (χ3n) is 14.8. The zero-order valence-electron chi connectivity index (χ0n) is 40.6. The van der Waals surface area contributed by atoms with Crippen LogP contribution in [0.5, 0.6) is 0 Å². The summed E-state index contributed by atoms with van der Waals surface area (Å²) in [4.78, 5) is 29.3. The van der Waals surface area contributed by atoms with Gasteiger partial charge in [0.05, 0.1) is 74.5 Å². The third-order valence-corrected chi connectivity index (χ3v) is 16.0. The zero-order valence-corrected chi connectivity index (χ0v) is 43.6. The van der Waals surface area contributed by atoms with E-state index in [0.29, 0.717) is 118 Å². The Labute approximate surface area is 452 Å². The lowest BCUT2D eigenvalue weighted by atomic mass is 9.80. The lowest BCUT2D eigenvalue weighted by Crippen LogP contribution is -2.35. The predicted octanol–water partition coefficient (Wildman–Crippen LogP) is 14.8. The highest BCUT2D eigenvalue weighted by Gasteiger charge is 2.40. The molecule has 12 rings (SSSR count). The van der Waals surface area contributed by atoms with Crippen molar-refractivity contribution in [3.05, 3.63) is 169 Å². The number of rotatable bonds is 12. The van der Waals surface area contributed by atoms with E-state index in [1.165, 1.54) is 0 Å².